The Bertz CT molecular complexity index is 982. The van der Waals surface area contributed by atoms with Crippen LogP contribution >= 0.6 is 0 Å². The number of aromatic nitrogens is 2. The van der Waals surface area contributed by atoms with Crippen molar-refractivity contribution < 1.29 is 13.2 Å². The summed E-state index contributed by atoms with van der Waals surface area (Å²) in [5.41, 5.74) is 2.05. The van der Waals surface area contributed by atoms with Gasteiger partial charge >= 0.3 is 0 Å². The van der Waals surface area contributed by atoms with E-state index in [9.17, 15) is 8.42 Å². The van der Waals surface area contributed by atoms with E-state index in [-0.39, 0.29) is 5.41 Å². The van der Waals surface area contributed by atoms with Gasteiger partial charge in [-0.3, -0.25) is 0 Å². The van der Waals surface area contributed by atoms with Crippen molar-refractivity contribution in [1.82, 2.24) is 14.7 Å². The first kappa shape index (κ1) is 19.4. The van der Waals surface area contributed by atoms with E-state index in [1.165, 1.54) is 0 Å². The largest absolute Gasteiger partial charge is 0.496 e. The summed E-state index contributed by atoms with van der Waals surface area (Å²) >= 11 is 0. The van der Waals surface area contributed by atoms with Gasteiger partial charge in [-0.15, -0.1) is 0 Å². The number of methoxy groups -OCH3 is 1. The van der Waals surface area contributed by atoms with E-state index in [1.807, 2.05) is 19.1 Å². The zero-order valence-electron chi connectivity index (χ0n) is 16.3. The molecule has 0 atom stereocenters. The quantitative estimate of drug-likeness (QED) is 0.757. The number of benzene rings is 1. The first-order chi connectivity index (χ1) is 13.3. The van der Waals surface area contributed by atoms with Crippen LogP contribution in [0, 0.1) is 18.3 Å². The second-order valence-electron chi connectivity index (χ2n) is 8.03. The molecule has 152 valence electrons. The summed E-state index contributed by atoms with van der Waals surface area (Å²) in [5, 5.41) is 6.11. The van der Waals surface area contributed by atoms with Gasteiger partial charge in [0.05, 0.1) is 12.6 Å². The molecule has 1 aromatic heterocycles. The smallest absolute Gasteiger partial charge is 0.274 e. The minimum absolute atomic E-state index is 0.0760. The summed E-state index contributed by atoms with van der Waals surface area (Å²) < 4.78 is 30.5. The molecule has 28 heavy (non-hydrogen) atoms. The molecule has 0 spiro atoms. The Balaban J connectivity index is 1.50. The van der Waals surface area contributed by atoms with Gasteiger partial charge in [0.15, 0.2) is 0 Å². The number of piperidine rings is 1. The van der Waals surface area contributed by atoms with Crippen molar-refractivity contribution in [3.8, 4) is 5.75 Å². The van der Waals surface area contributed by atoms with E-state index in [0.29, 0.717) is 12.5 Å². The molecule has 1 saturated carbocycles. The van der Waals surface area contributed by atoms with E-state index in [0.717, 1.165) is 66.8 Å². The number of nitrogens with two attached hydrogens (primary N) is 1. The second kappa shape index (κ2) is 7.13. The molecular formula is C19H27N5O3S. The molecule has 1 aliphatic heterocycles. The molecule has 8 nitrogen and oxygen atoms in total. The molecule has 1 aromatic carbocycles. The molecule has 1 aliphatic carbocycles. The van der Waals surface area contributed by atoms with Gasteiger partial charge in [-0.2, -0.15) is 8.42 Å². The van der Waals surface area contributed by atoms with Gasteiger partial charge in [0.1, 0.15) is 17.9 Å². The number of rotatable bonds is 6. The number of ether oxygens (including phenoxy) is 1. The average molecular weight is 406 g/mol. The van der Waals surface area contributed by atoms with Crippen molar-refractivity contribution >= 4 is 26.9 Å². The van der Waals surface area contributed by atoms with Crippen molar-refractivity contribution in [2.75, 3.05) is 31.6 Å². The van der Waals surface area contributed by atoms with Crippen molar-refractivity contribution in [2.45, 2.75) is 32.6 Å². The summed E-state index contributed by atoms with van der Waals surface area (Å²) in [6.45, 7) is 4.24. The number of hydrogen-bond acceptors (Lipinski definition) is 6. The van der Waals surface area contributed by atoms with Gasteiger partial charge in [-0.25, -0.2) is 19.8 Å². The fourth-order valence-corrected chi connectivity index (χ4v) is 4.97. The highest BCUT2D eigenvalue weighted by molar-refractivity contribution is 7.87. The molecule has 2 fully saturated rings. The lowest BCUT2D eigenvalue weighted by molar-refractivity contribution is 0.253. The molecule has 0 radical (unpaired) electrons. The number of nitrogens with zero attached hydrogens (tertiary/aromatic N) is 3. The van der Waals surface area contributed by atoms with Crippen LogP contribution in [0.2, 0.25) is 0 Å². The molecule has 0 unspecified atom stereocenters. The van der Waals surface area contributed by atoms with Gasteiger partial charge in [-0.1, -0.05) is 0 Å². The Morgan fingerprint density at radius 2 is 2.00 bits per heavy atom. The average Bonchev–Trinajstić information content (AvgIpc) is 3.46. The van der Waals surface area contributed by atoms with Gasteiger partial charge in [0.2, 0.25) is 0 Å². The van der Waals surface area contributed by atoms with Crippen LogP contribution in [-0.2, 0) is 10.2 Å². The maximum absolute atomic E-state index is 11.3. The van der Waals surface area contributed by atoms with Crippen LogP contribution in [0.15, 0.2) is 18.5 Å². The summed E-state index contributed by atoms with van der Waals surface area (Å²) in [4.78, 5) is 11.3. The third kappa shape index (κ3) is 3.78. The SMILES string of the molecule is COc1cc2c(N3CCC(C4(CNS(N)(=O)=O)CC4)CC3)ncnc2cc1C. The van der Waals surface area contributed by atoms with E-state index < -0.39 is 10.2 Å². The molecule has 1 saturated heterocycles. The van der Waals surface area contributed by atoms with E-state index in [2.05, 4.69) is 19.6 Å². The van der Waals surface area contributed by atoms with Gasteiger partial charge < -0.3 is 9.64 Å². The number of aryl methyl sites for hydroxylation is 1. The third-order valence-electron chi connectivity index (χ3n) is 6.31. The first-order valence-electron chi connectivity index (χ1n) is 9.63. The van der Waals surface area contributed by atoms with Crippen LogP contribution in [-0.4, -0.2) is 45.1 Å². The fraction of sp³-hybridized carbons (Fsp3) is 0.579. The lowest BCUT2D eigenvalue weighted by atomic mass is 9.81. The maximum Gasteiger partial charge on any atom is 0.274 e. The van der Waals surface area contributed by atoms with Crippen molar-refractivity contribution in [2.24, 2.45) is 16.5 Å². The monoisotopic (exact) mass is 405 g/mol. The first-order valence-corrected chi connectivity index (χ1v) is 11.2. The Labute approximate surface area is 165 Å². The normalized spacial score (nSPS) is 19.8. The zero-order valence-corrected chi connectivity index (χ0v) is 17.1. The van der Waals surface area contributed by atoms with Crippen molar-refractivity contribution in [3.05, 3.63) is 24.0 Å². The lowest BCUT2D eigenvalue weighted by Gasteiger charge is -2.37. The molecule has 2 heterocycles. The van der Waals surface area contributed by atoms with Crippen LogP contribution in [0.1, 0.15) is 31.2 Å². The molecule has 0 bridgehead atoms. The van der Waals surface area contributed by atoms with Gasteiger partial charge in [-0.05, 0) is 61.6 Å². The summed E-state index contributed by atoms with van der Waals surface area (Å²) in [5.74, 6) is 2.28. The Hall–Kier alpha value is -1.97. The van der Waals surface area contributed by atoms with Gasteiger partial charge in [0.25, 0.3) is 10.2 Å². The highest BCUT2D eigenvalue weighted by Gasteiger charge is 2.49. The molecule has 9 heteroatoms. The number of fused-ring (bicyclic) bond motifs is 1. The molecule has 2 aromatic rings. The van der Waals surface area contributed by atoms with Crippen LogP contribution in [0.25, 0.3) is 10.9 Å². The number of hydrogen-bond donors (Lipinski definition) is 2. The Morgan fingerprint density at radius 1 is 1.29 bits per heavy atom. The second-order valence-corrected chi connectivity index (χ2v) is 9.40. The minimum atomic E-state index is -3.63. The Morgan fingerprint density at radius 3 is 2.61 bits per heavy atom. The maximum atomic E-state index is 11.3. The Kier molecular flexibility index (Phi) is 4.93. The van der Waals surface area contributed by atoms with Crippen LogP contribution in [0.4, 0.5) is 5.82 Å². The summed E-state index contributed by atoms with van der Waals surface area (Å²) in [6.07, 6.45) is 5.77. The van der Waals surface area contributed by atoms with E-state index in [1.54, 1.807) is 13.4 Å². The van der Waals surface area contributed by atoms with Crippen LogP contribution in [0.3, 0.4) is 0 Å². The predicted octanol–water partition coefficient (Wildman–Crippen LogP) is 1.74. The number of anilines is 1. The lowest BCUT2D eigenvalue weighted by Crippen LogP contribution is -2.42. The van der Waals surface area contributed by atoms with E-state index >= 15 is 0 Å². The molecule has 3 N–H and O–H groups in total. The van der Waals surface area contributed by atoms with Gasteiger partial charge in [0, 0.05) is 25.0 Å². The molecule has 0 amide bonds. The van der Waals surface area contributed by atoms with E-state index in [4.69, 9.17) is 9.88 Å². The standard InChI is InChI=1S/C19H27N5O3S/c1-13-9-16-15(10-17(13)27-2)18(22-12-21-16)24-7-3-14(4-8-24)19(5-6-19)11-23-28(20,25)26/h9-10,12,14,23H,3-8,11H2,1-2H3,(H2,20,25,26). The number of nitrogens with one attached hydrogen (secondary N) is 1. The zero-order chi connectivity index (χ0) is 19.9. The topological polar surface area (TPSA) is 110 Å². The minimum Gasteiger partial charge on any atom is -0.496 e. The highest BCUT2D eigenvalue weighted by Crippen LogP contribution is 2.55. The van der Waals surface area contributed by atoms with Crippen molar-refractivity contribution in [1.29, 1.82) is 0 Å². The fourth-order valence-electron chi connectivity index (χ4n) is 4.48. The summed E-state index contributed by atoms with van der Waals surface area (Å²) in [7, 11) is -1.96. The van der Waals surface area contributed by atoms with Crippen LogP contribution < -0.4 is 19.5 Å². The molecular weight excluding hydrogens is 378 g/mol. The molecule has 4 rings (SSSR count). The van der Waals surface area contributed by atoms with Crippen LogP contribution in [0.5, 0.6) is 5.75 Å². The highest BCUT2D eigenvalue weighted by atomic mass is 32.2. The third-order valence-corrected chi connectivity index (χ3v) is 6.86. The predicted molar refractivity (Wildman–Crippen MR) is 109 cm³/mol. The summed E-state index contributed by atoms with van der Waals surface area (Å²) in [6, 6.07) is 4.05. The molecule has 2 aliphatic rings. The van der Waals surface area contributed by atoms with Crippen molar-refractivity contribution in [3.63, 3.8) is 0 Å².